The molecule has 1 N–H and O–H groups in total. The van der Waals surface area contributed by atoms with Gasteiger partial charge in [0.25, 0.3) is 10.0 Å². The van der Waals surface area contributed by atoms with Gasteiger partial charge in [0.2, 0.25) is 0 Å². The molecule has 0 saturated carbocycles. The molecule has 0 aliphatic rings. The maximum atomic E-state index is 13.2. The van der Waals surface area contributed by atoms with Crippen molar-refractivity contribution < 1.29 is 8.42 Å². The third-order valence-electron chi connectivity index (χ3n) is 4.37. The predicted molar refractivity (Wildman–Crippen MR) is 106 cm³/mol. The van der Waals surface area contributed by atoms with Crippen LogP contribution in [0.1, 0.15) is 76.0 Å². The summed E-state index contributed by atoms with van der Waals surface area (Å²) in [7, 11) is -3.66. The summed E-state index contributed by atoms with van der Waals surface area (Å²) in [6, 6.07) is 13.2. The van der Waals surface area contributed by atoms with Crippen LogP contribution in [-0.4, -0.2) is 8.42 Å². The lowest BCUT2D eigenvalue weighted by molar-refractivity contribution is 0.595. The quantitative estimate of drug-likeness (QED) is 0.702. The van der Waals surface area contributed by atoms with Gasteiger partial charge in [-0.1, -0.05) is 71.9 Å². The van der Waals surface area contributed by atoms with E-state index < -0.39 is 10.0 Å². The molecule has 0 aromatic heterocycles. The average Bonchev–Trinajstić information content (AvgIpc) is 2.53. The van der Waals surface area contributed by atoms with Gasteiger partial charge in [0.05, 0.1) is 4.90 Å². The molecule has 25 heavy (non-hydrogen) atoms. The van der Waals surface area contributed by atoms with Crippen molar-refractivity contribution in [1.29, 1.82) is 0 Å². The van der Waals surface area contributed by atoms with Crippen LogP contribution in [-0.2, 0) is 10.0 Å². The summed E-state index contributed by atoms with van der Waals surface area (Å²) in [6.07, 6.45) is 0. The van der Waals surface area contributed by atoms with Crippen LogP contribution in [0.15, 0.2) is 47.4 Å². The van der Waals surface area contributed by atoms with Crippen LogP contribution in [0.2, 0.25) is 0 Å². The fourth-order valence-electron chi connectivity index (χ4n) is 2.91. The summed E-state index contributed by atoms with van der Waals surface area (Å²) >= 11 is 0. The minimum Gasteiger partial charge on any atom is -0.280 e. The number of hydrogen-bond donors (Lipinski definition) is 1. The molecule has 2 aromatic carbocycles. The second-order valence-electron chi connectivity index (χ2n) is 7.46. The fourth-order valence-corrected chi connectivity index (χ4v) is 4.67. The minimum absolute atomic E-state index is 0.124. The van der Waals surface area contributed by atoms with Crippen LogP contribution in [0.3, 0.4) is 0 Å². The van der Waals surface area contributed by atoms with E-state index in [1.54, 1.807) is 12.1 Å². The van der Waals surface area contributed by atoms with Gasteiger partial charge in [0, 0.05) is 5.69 Å². The maximum Gasteiger partial charge on any atom is 0.262 e. The maximum absolute atomic E-state index is 13.2. The Bertz CT molecular complexity index is 793. The molecule has 0 spiro atoms. The van der Waals surface area contributed by atoms with Crippen LogP contribution in [0.25, 0.3) is 0 Å². The standard InChI is InChI=1S/C21H29NO2S/c1-14(2)17-12-19(15(3)4)21(20(13-17)16(5)6)25(23,24)22-18-10-8-7-9-11-18/h7-16,22H,1-6H3. The number of rotatable bonds is 6. The van der Waals surface area contributed by atoms with Crippen LogP contribution in [0.4, 0.5) is 5.69 Å². The van der Waals surface area contributed by atoms with Gasteiger partial charge in [-0.05, 0) is 46.6 Å². The van der Waals surface area contributed by atoms with Crippen LogP contribution in [0.5, 0.6) is 0 Å². The van der Waals surface area contributed by atoms with Crippen molar-refractivity contribution in [2.45, 2.75) is 64.2 Å². The van der Waals surface area contributed by atoms with Crippen molar-refractivity contribution in [3.8, 4) is 0 Å². The lowest BCUT2D eigenvalue weighted by Crippen LogP contribution is -2.19. The van der Waals surface area contributed by atoms with Gasteiger partial charge in [0.1, 0.15) is 0 Å². The number of hydrogen-bond acceptors (Lipinski definition) is 2. The number of nitrogens with one attached hydrogen (secondary N) is 1. The molecule has 0 bridgehead atoms. The highest BCUT2D eigenvalue weighted by Crippen LogP contribution is 2.35. The molecule has 0 heterocycles. The van der Waals surface area contributed by atoms with E-state index in [9.17, 15) is 8.42 Å². The van der Waals surface area contributed by atoms with Crippen molar-refractivity contribution >= 4 is 15.7 Å². The Labute approximate surface area is 152 Å². The van der Waals surface area contributed by atoms with Gasteiger partial charge in [-0.3, -0.25) is 4.72 Å². The van der Waals surface area contributed by atoms with Crippen molar-refractivity contribution in [3.63, 3.8) is 0 Å². The second kappa shape index (κ2) is 7.61. The number of anilines is 1. The van der Waals surface area contributed by atoms with E-state index in [1.807, 2.05) is 45.9 Å². The van der Waals surface area contributed by atoms with Crippen LogP contribution < -0.4 is 4.72 Å². The first kappa shape index (κ1) is 19.5. The number of para-hydroxylation sites is 1. The summed E-state index contributed by atoms with van der Waals surface area (Å²) in [5, 5.41) is 0. The highest BCUT2D eigenvalue weighted by Gasteiger charge is 2.26. The molecule has 0 aliphatic heterocycles. The monoisotopic (exact) mass is 359 g/mol. The molecule has 3 nitrogen and oxygen atoms in total. The molecule has 2 aromatic rings. The van der Waals surface area contributed by atoms with Crippen LogP contribution >= 0.6 is 0 Å². The lowest BCUT2D eigenvalue weighted by Gasteiger charge is -2.23. The molecular formula is C21H29NO2S. The van der Waals surface area contributed by atoms with E-state index in [2.05, 4.69) is 30.7 Å². The summed E-state index contributed by atoms with van der Waals surface area (Å²) < 4.78 is 29.2. The van der Waals surface area contributed by atoms with Gasteiger partial charge in [0.15, 0.2) is 0 Å². The molecular weight excluding hydrogens is 330 g/mol. The smallest absolute Gasteiger partial charge is 0.262 e. The van der Waals surface area contributed by atoms with E-state index >= 15 is 0 Å². The molecule has 0 fully saturated rings. The molecule has 4 heteroatoms. The predicted octanol–water partition coefficient (Wildman–Crippen LogP) is 5.86. The zero-order valence-corrected chi connectivity index (χ0v) is 16.8. The van der Waals surface area contributed by atoms with E-state index in [0.717, 1.165) is 11.1 Å². The SMILES string of the molecule is CC(C)c1cc(C(C)C)c(S(=O)(=O)Nc2ccccc2)c(C(C)C)c1. The molecule has 0 aliphatic carbocycles. The Morgan fingerprint density at radius 1 is 0.760 bits per heavy atom. The number of sulfonamides is 1. The summed E-state index contributed by atoms with van der Waals surface area (Å²) in [5.41, 5.74) is 3.54. The van der Waals surface area contributed by atoms with Crippen molar-refractivity contribution in [1.82, 2.24) is 0 Å². The first-order valence-corrected chi connectivity index (χ1v) is 10.4. The highest BCUT2D eigenvalue weighted by atomic mass is 32.2. The normalized spacial score (nSPS) is 12.2. The van der Waals surface area contributed by atoms with E-state index in [-0.39, 0.29) is 11.8 Å². The third-order valence-corrected chi connectivity index (χ3v) is 5.89. The molecule has 136 valence electrons. The van der Waals surface area contributed by atoms with Crippen molar-refractivity contribution in [2.75, 3.05) is 4.72 Å². The fraction of sp³-hybridized carbons (Fsp3) is 0.429. The van der Waals surface area contributed by atoms with E-state index in [0.29, 0.717) is 16.5 Å². The molecule has 0 radical (unpaired) electrons. The topological polar surface area (TPSA) is 46.2 Å². The highest BCUT2D eigenvalue weighted by molar-refractivity contribution is 7.92. The van der Waals surface area contributed by atoms with E-state index in [4.69, 9.17) is 0 Å². The van der Waals surface area contributed by atoms with E-state index in [1.165, 1.54) is 5.56 Å². The zero-order valence-electron chi connectivity index (χ0n) is 16.0. The molecule has 0 atom stereocenters. The van der Waals surface area contributed by atoms with Crippen molar-refractivity contribution in [3.05, 3.63) is 59.2 Å². The van der Waals surface area contributed by atoms with Gasteiger partial charge < -0.3 is 0 Å². The van der Waals surface area contributed by atoms with Gasteiger partial charge >= 0.3 is 0 Å². The van der Waals surface area contributed by atoms with Gasteiger partial charge in [-0.2, -0.15) is 0 Å². The lowest BCUT2D eigenvalue weighted by atomic mass is 9.89. The molecule has 0 unspecified atom stereocenters. The Hall–Kier alpha value is -1.81. The van der Waals surface area contributed by atoms with Crippen molar-refractivity contribution in [2.24, 2.45) is 0 Å². The largest absolute Gasteiger partial charge is 0.280 e. The zero-order chi connectivity index (χ0) is 18.8. The third kappa shape index (κ3) is 4.43. The second-order valence-corrected chi connectivity index (χ2v) is 9.08. The van der Waals surface area contributed by atoms with Gasteiger partial charge in [-0.25, -0.2) is 8.42 Å². The Morgan fingerprint density at radius 2 is 1.24 bits per heavy atom. The first-order valence-electron chi connectivity index (χ1n) is 8.89. The Kier molecular flexibility index (Phi) is 5.94. The average molecular weight is 360 g/mol. The van der Waals surface area contributed by atoms with Crippen LogP contribution in [0, 0.1) is 0 Å². The summed E-state index contributed by atoms with van der Waals surface area (Å²) in [4.78, 5) is 0.436. The number of benzene rings is 2. The molecule has 0 saturated heterocycles. The summed E-state index contributed by atoms with van der Waals surface area (Å²) in [6.45, 7) is 12.5. The Balaban J connectivity index is 2.69. The minimum atomic E-state index is -3.66. The summed E-state index contributed by atoms with van der Waals surface area (Å²) in [5.74, 6) is 0.603. The molecule has 0 amide bonds. The Morgan fingerprint density at radius 3 is 1.64 bits per heavy atom. The first-order chi connectivity index (χ1) is 11.6. The molecule has 2 rings (SSSR count). The van der Waals surface area contributed by atoms with Gasteiger partial charge in [-0.15, -0.1) is 0 Å².